The topological polar surface area (TPSA) is 0 Å². The Labute approximate surface area is 223 Å². The first-order chi connectivity index (χ1) is 14.0. The zero-order chi connectivity index (χ0) is 22.7. The molecule has 0 aliphatic heterocycles. The van der Waals surface area contributed by atoms with E-state index in [-0.39, 0.29) is 35.6 Å². The van der Waals surface area contributed by atoms with E-state index in [1.807, 2.05) is 30.3 Å². The summed E-state index contributed by atoms with van der Waals surface area (Å²) in [5.74, 6) is 0. The van der Waals surface area contributed by atoms with Gasteiger partial charge < -0.3 is 24.8 Å². The SMILES string of the molecule is Cc1[c-]c2c(cc1C(C)(C)C)-c1cc(C(C)(C)C)c(C)cc1C2.[CH2]=[Hf+2].[Cl-].[Cl-].c1cc[cH-]c1. The quantitative estimate of drug-likeness (QED) is 0.204. The van der Waals surface area contributed by atoms with Crippen LogP contribution in [0.1, 0.15) is 74.9 Å². The Hall–Kier alpha value is -0.890. The predicted molar refractivity (Wildman–Crippen MR) is 130 cm³/mol. The zero-order valence-electron chi connectivity index (χ0n) is 20.8. The van der Waals surface area contributed by atoms with Crippen LogP contribution in [0.15, 0.2) is 48.5 Å². The van der Waals surface area contributed by atoms with Crippen LogP contribution in [0.3, 0.4) is 0 Å². The number of halogens is 2. The molecule has 1 aliphatic rings. The molecule has 0 bridgehead atoms. The molecule has 0 N–H and O–H groups in total. The number of hydrogen-bond acceptors (Lipinski definition) is 0. The van der Waals surface area contributed by atoms with Gasteiger partial charge in [0.25, 0.3) is 0 Å². The predicted octanol–water partition coefficient (Wildman–Crippen LogP) is 1.65. The molecule has 0 radical (unpaired) electrons. The van der Waals surface area contributed by atoms with Gasteiger partial charge in [-0.15, -0.1) is 16.7 Å². The monoisotopic (exact) mass is 634 g/mol. The fourth-order valence-corrected chi connectivity index (χ4v) is 4.34. The molecule has 0 unspecified atom stereocenters. The van der Waals surface area contributed by atoms with Crippen molar-refractivity contribution in [3.63, 3.8) is 0 Å². The molecule has 1 aliphatic carbocycles. The summed E-state index contributed by atoms with van der Waals surface area (Å²) in [5.41, 5.74) is 11.6. The summed E-state index contributed by atoms with van der Waals surface area (Å²) in [6, 6.07) is 20.9. The third-order valence-electron chi connectivity index (χ3n) is 5.64. The van der Waals surface area contributed by atoms with Crippen LogP contribution >= 0.6 is 0 Å². The van der Waals surface area contributed by atoms with E-state index in [2.05, 4.69) is 83.9 Å². The molecule has 0 heterocycles. The largest absolute Gasteiger partial charge is 1.00 e. The summed E-state index contributed by atoms with van der Waals surface area (Å²) < 4.78 is 3.39. The molecule has 3 aromatic rings. The van der Waals surface area contributed by atoms with Crippen molar-refractivity contribution in [3.05, 3.63) is 88.0 Å². The second-order valence-electron chi connectivity index (χ2n) is 10.2. The second-order valence-corrected chi connectivity index (χ2v) is 10.2. The van der Waals surface area contributed by atoms with Gasteiger partial charge in [0.15, 0.2) is 0 Å². The van der Waals surface area contributed by atoms with Crippen molar-refractivity contribution in [2.24, 2.45) is 0 Å². The van der Waals surface area contributed by atoms with Crippen molar-refractivity contribution in [1.29, 1.82) is 0 Å². The number of benzene rings is 2. The summed E-state index contributed by atoms with van der Waals surface area (Å²) in [5, 5.41) is 0. The first-order valence-corrected chi connectivity index (χ1v) is 13.2. The minimum absolute atomic E-state index is 0. The van der Waals surface area contributed by atoms with Crippen molar-refractivity contribution in [2.45, 2.75) is 72.6 Å². The second kappa shape index (κ2) is 12.5. The third kappa shape index (κ3) is 7.31. The van der Waals surface area contributed by atoms with Gasteiger partial charge in [0.1, 0.15) is 0 Å². The molecule has 4 rings (SSSR count). The smallest absolute Gasteiger partial charge is 0.172 e. The van der Waals surface area contributed by atoms with Crippen LogP contribution in [-0.2, 0) is 41.1 Å². The summed E-state index contributed by atoms with van der Waals surface area (Å²) in [6.07, 6.45) is 1.03. The third-order valence-corrected chi connectivity index (χ3v) is 5.64. The van der Waals surface area contributed by atoms with Crippen LogP contribution in [0.4, 0.5) is 0 Å². The molecule has 172 valence electrons. The van der Waals surface area contributed by atoms with Gasteiger partial charge in [0.2, 0.25) is 0 Å². The molecule has 0 nitrogen and oxygen atoms in total. The van der Waals surface area contributed by atoms with Gasteiger partial charge >= 0.3 is 28.2 Å². The molecule has 0 aromatic heterocycles. The molecule has 32 heavy (non-hydrogen) atoms. The van der Waals surface area contributed by atoms with Gasteiger partial charge in [-0.25, -0.2) is 12.1 Å². The van der Waals surface area contributed by atoms with Crippen LogP contribution in [0, 0.1) is 19.9 Å². The first-order valence-electron chi connectivity index (χ1n) is 10.7. The van der Waals surface area contributed by atoms with Crippen molar-refractivity contribution in [2.75, 3.05) is 0 Å². The van der Waals surface area contributed by atoms with E-state index in [0.29, 0.717) is 0 Å². The van der Waals surface area contributed by atoms with E-state index in [1.54, 1.807) is 0 Å². The van der Waals surface area contributed by atoms with Crippen LogP contribution in [0.5, 0.6) is 0 Å². The Morgan fingerprint density at radius 2 is 1.31 bits per heavy atom. The van der Waals surface area contributed by atoms with Gasteiger partial charge in [-0.1, -0.05) is 71.6 Å². The summed E-state index contributed by atoms with van der Waals surface area (Å²) in [7, 11) is 0. The normalized spacial score (nSPS) is 11.4. The molecule has 0 saturated heterocycles. The summed E-state index contributed by atoms with van der Waals surface area (Å²) in [4.78, 5) is 0. The van der Waals surface area contributed by atoms with E-state index >= 15 is 0 Å². The minimum Gasteiger partial charge on any atom is -1.00 e. The van der Waals surface area contributed by atoms with Crippen LogP contribution in [0.2, 0.25) is 0 Å². The van der Waals surface area contributed by atoms with Crippen LogP contribution in [0.25, 0.3) is 11.1 Å². The number of fused-ring (bicyclic) bond motifs is 3. The van der Waals surface area contributed by atoms with Crippen LogP contribution in [-0.4, -0.2) is 4.26 Å². The number of hydrogen-bond donors (Lipinski definition) is 0. The fourth-order valence-electron chi connectivity index (χ4n) is 4.34. The Morgan fingerprint density at radius 3 is 1.75 bits per heavy atom. The Morgan fingerprint density at radius 1 is 0.812 bits per heavy atom. The maximum absolute atomic E-state index is 3.69. The Kier molecular flexibility index (Phi) is 12.2. The van der Waals surface area contributed by atoms with E-state index in [4.69, 9.17) is 0 Å². The average molecular weight is 634 g/mol. The van der Waals surface area contributed by atoms with Gasteiger partial charge in [-0.3, -0.25) is 0 Å². The van der Waals surface area contributed by atoms with E-state index < -0.39 is 0 Å². The van der Waals surface area contributed by atoms with E-state index in [1.165, 1.54) is 44.5 Å². The van der Waals surface area contributed by atoms with Gasteiger partial charge in [-0.05, 0) is 35.4 Å². The molecular formula is C29H36Cl2Hf-2. The molecule has 3 aromatic carbocycles. The van der Waals surface area contributed by atoms with Crippen molar-refractivity contribution in [3.8, 4) is 11.1 Å². The van der Waals surface area contributed by atoms with Gasteiger partial charge in [0.05, 0.1) is 0 Å². The van der Waals surface area contributed by atoms with Gasteiger partial charge in [0, 0.05) is 0 Å². The standard InChI is InChI=1S/C23H29.C5H5.CH2.2ClH.Hf/c1-14-9-16-11-17-10-15(2)21(23(6,7)8)13-19(17)18(16)12-20(14)22(3,4)5;1-2-4-5-3-1;;;;/h9,12-13H,11H2,1-8H3;1-5H;1H2;2*1H;/q2*-1;;;;+2/p-2. The maximum Gasteiger partial charge on any atom is -0.172 e. The van der Waals surface area contributed by atoms with Gasteiger partial charge in [-0.2, -0.15) is 35.9 Å². The number of rotatable bonds is 0. The molecule has 0 amide bonds. The average Bonchev–Trinajstić information content (AvgIpc) is 3.31. The molecule has 3 heteroatoms. The van der Waals surface area contributed by atoms with Crippen LogP contribution < -0.4 is 24.8 Å². The van der Waals surface area contributed by atoms with Crippen molar-refractivity contribution >= 4 is 4.26 Å². The molecule has 0 atom stereocenters. The minimum atomic E-state index is 0. The summed E-state index contributed by atoms with van der Waals surface area (Å²) >= 11 is 1.06. The first kappa shape index (κ1) is 31.1. The molecular weight excluding hydrogens is 598 g/mol. The fraction of sp³-hybridized carbons (Fsp3) is 0.379. The maximum atomic E-state index is 3.69. The number of aryl methyl sites for hydroxylation is 2. The van der Waals surface area contributed by atoms with Crippen molar-refractivity contribution in [1.82, 2.24) is 0 Å². The van der Waals surface area contributed by atoms with Crippen molar-refractivity contribution < 1.29 is 48.7 Å². The Balaban J connectivity index is 0.000000929. The zero-order valence-corrected chi connectivity index (χ0v) is 25.9. The van der Waals surface area contributed by atoms with E-state index in [9.17, 15) is 0 Å². The Bertz CT molecular complexity index is 903. The summed E-state index contributed by atoms with van der Waals surface area (Å²) in [6.45, 7) is 18.2. The van der Waals surface area contributed by atoms with E-state index in [0.717, 1.165) is 30.3 Å². The molecule has 0 saturated carbocycles. The molecule has 0 spiro atoms. The molecule has 0 fully saturated rings.